The fourth-order valence-electron chi connectivity index (χ4n) is 1.89. The molecular formula is C11H22N4O2. The molecule has 0 aromatic heterocycles. The Morgan fingerprint density at radius 3 is 2.76 bits per heavy atom. The number of likely N-dealkylation sites (N-methyl/N-ethyl adjacent to an activating group) is 1. The molecule has 0 bridgehead atoms. The van der Waals surface area contributed by atoms with Gasteiger partial charge in [-0.2, -0.15) is 0 Å². The van der Waals surface area contributed by atoms with Crippen molar-refractivity contribution in [3.05, 3.63) is 0 Å². The minimum Gasteiger partial charge on any atom is -0.409 e. The van der Waals surface area contributed by atoms with Gasteiger partial charge in [0.1, 0.15) is 5.41 Å². The summed E-state index contributed by atoms with van der Waals surface area (Å²) in [4.78, 5) is 14.2. The molecule has 6 heteroatoms. The van der Waals surface area contributed by atoms with E-state index in [0.29, 0.717) is 0 Å². The molecule has 1 unspecified atom stereocenters. The molecule has 0 aliphatic carbocycles. The zero-order chi connectivity index (χ0) is 13.1. The Morgan fingerprint density at radius 1 is 1.59 bits per heavy atom. The van der Waals surface area contributed by atoms with Crippen molar-refractivity contribution in [1.82, 2.24) is 10.2 Å². The van der Waals surface area contributed by atoms with Gasteiger partial charge in [-0.25, -0.2) is 0 Å². The van der Waals surface area contributed by atoms with Crippen LogP contribution in [0.3, 0.4) is 0 Å². The van der Waals surface area contributed by atoms with E-state index in [0.717, 1.165) is 25.9 Å². The van der Waals surface area contributed by atoms with Gasteiger partial charge in [-0.15, -0.1) is 0 Å². The van der Waals surface area contributed by atoms with E-state index in [-0.39, 0.29) is 17.8 Å². The van der Waals surface area contributed by atoms with E-state index in [1.807, 2.05) is 7.05 Å². The maximum Gasteiger partial charge on any atom is 0.233 e. The lowest BCUT2D eigenvalue weighted by Crippen LogP contribution is -2.53. The third-order valence-electron chi connectivity index (χ3n) is 3.28. The molecule has 0 radical (unpaired) electrons. The van der Waals surface area contributed by atoms with Gasteiger partial charge in [-0.1, -0.05) is 5.16 Å². The number of nitrogens with two attached hydrogens (primary N) is 1. The number of hydrogen-bond donors (Lipinski definition) is 3. The summed E-state index contributed by atoms with van der Waals surface area (Å²) >= 11 is 0. The molecule has 98 valence electrons. The predicted octanol–water partition coefficient (Wildman–Crippen LogP) is -0.0306. The van der Waals surface area contributed by atoms with E-state index in [1.165, 1.54) is 0 Å². The van der Waals surface area contributed by atoms with Crippen molar-refractivity contribution in [2.45, 2.75) is 32.7 Å². The number of amidine groups is 1. The second-order valence-corrected chi connectivity index (χ2v) is 5.19. The Hall–Kier alpha value is -1.30. The topological polar surface area (TPSA) is 91.0 Å². The van der Waals surface area contributed by atoms with Crippen LogP contribution in [0.5, 0.6) is 0 Å². The van der Waals surface area contributed by atoms with Crippen molar-refractivity contribution in [2.24, 2.45) is 16.3 Å². The molecule has 0 aromatic carbocycles. The van der Waals surface area contributed by atoms with Gasteiger partial charge < -0.3 is 21.2 Å². The van der Waals surface area contributed by atoms with Crippen LogP contribution in [0, 0.1) is 5.41 Å². The second-order valence-electron chi connectivity index (χ2n) is 5.19. The Bertz CT molecular complexity index is 315. The molecule has 1 aliphatic heterocycles. The number of nitrogens with zero attached hydrogens (tertiary/aromatic N) is 2. The van der Waals surface area contributed by atoms with Crippen molar-refractivity contribution in [2.75, 3.05) is 20.1 Å². The summed E-state index contributed by atoms with van der Waals surface area (Å²) in [7, 11) is 2.03. The van der Waals surface area contributed by atoms with Gasteiger partial charge in [0.25, 0.3) is 0 Å². The summed E-state index contributed by atoms with van der Waals surface area (Å²) in [5, 5.41) is 14.5. The highest BCUT2D eigenvalue weighted by Crippen LogP contribution is 2.17. The van der Waals surface area contributed by atoms with Crippen LogP contribution in [0.15, 0.2) is 5.16 Å². The van der Waals surface area contributed by atoms with Gasteiger partial charge in [0.05, 0.1) is 0 Å². The van der Waals surface area contributed by atoms with E-state index < -0.39 is 5.41 Å². The number of nitrogens with one attached hydrogen (secondary N) is 1. The second kappa shape index (κ2) is 5.35. The van der Waals surface area contributed by atoms with Crippen LogP contribution in [0.4, 0.5) is 0 Å². The highest BCUT2D eigenvalue weighted by molar-refractivity contribution is 6.05. The van der Waals surface area contributed by atoms with Crippen LogP contribution in [-0.2, 0) is 4.79 Å². The summed E-state index contributed by atoms with van der Waals surface area (Å²) in [5.41, 5.74) is 4.53. The first-order chi connectivity index (χ1) is 7.87. The average molecular weight is 242 g/mol. The zero-order valence-corrected chi connectivity index (χ0v) is 10.7. The Kier molecular flexibility index (Phi) is 4.34. The number of carbonyl (C=O) groups excluding carboxylic acids is 1. The van der Waals surface area contributed by atoms with Crippen LogP contribution < -0.4 is 11.1 Å². The lowest BCUT2D eigenvalue weighted by molar-refractivity contribution is -0.127. The molecule has 0 aromatic rings. The minimum atomic E-state index is -0.981. The van der Waals surface area contributed by atoms with Gasteiger partial charge in [-0.3, -0.25) is 4.79 Å². The lowest BCUT2D eigenvalue weighted by Gasteiger charge is -2.32. The van der Waals surface area contributed by atoms with Crippen molar-refractivity contribution in [1.29, 1.82) is 0 Å². The van der Waals surface area contributed by atoms with Crippen molar-refractivity contribution < 1.29 is 10.0 Å². The van der Waals surface area contributed by atoms with Crippen molar-refractivity contribution in [3.63, 3.8) is 0 Å². The number of piperidine rings is 1. The molecule has 1 heterocycles. The Balaban J connectivity index is 2.59. The van der Waals surface area contributed by atoms with Crippen LogP contribution in [0.25, 0.3) is 0 Å². The number of oxime groups is 1. The molecule has 1 fully saturated rings. The Labute approximate surface area is 102 Å². The SMILES string of the molecule is CN1CCCC(NC(=O)C(C)(C)C(N)=NO)C1. The molecule has 17 heavy (non-hydrogen) atoms. The quantitative estimate of drug-likeness (QED) is 0.280. The maximum absolute atomic E-state index is 12.0. The number of carbonyl (C=O) groups is 1. The first-order valence-electron chi connectivity index (χ1n) is 5.85. The smallest absolute Gasteiger partial charge is 0.233 e. The molecule has 1 aliphatic rings. The molecule has 1 amide bonds. The standard InChI is InChI=1S/C11H22N4O2/c1-11(2,9(12)14-17)10(16)13-8-5-4-6-15(3)7-8/h8,17H,4-7H2,1-3H3,(H2,12,14)(H,13,16). The largest absolute Gasteiger partial charge is 0.409 e. The van der Waals surface area contributed by atoms with E-state index in [2.05, 4.69) is 15.4 Å². The Morgan fingerprint density at radius 2 is 2.24 bits per heavy atom. The molecule has 0 saturated carbocycles. The molecule has 1 rings (SSSR count). The first kappa shape index (κ1) is 13.8. The van der Waals surface area contributed by atoms with E-state index in [9.17, 15) is 4.79 Å². The molecule has 1 saturated heterocycles. The molecule has 0 spiro atoms. The average Bonchev–Trinajstić information content (AvgIpc) is 2.27. The van der Waals surface area contributed by atoms with Crippen LogP contribution in [0.2, 0.25) is 0 Å². The normalized spacial score (nSPS) is 23.5. The summed E-state index contributed by atoms with van der Waals surface area (Å²) in [6.07, 6.45) is 2.05. The molecular weight excluding hydrogens is 220 g/mol. The molecule has 6 nitrogen and oxygen atoms in total. The highest BCUT2D eigenvalue weighted by Gasteiger charge is 2.34. The number of rotatable bonds is 3. The first-order valence-corrected chi connectivity index (χ1v) is 5.85. The van der Waals surface area contributed by atoms with Gasteiger partial charge in [-0.05, 0) is 40.3 Å². The summed E-state index contributed by atoms with van der Waals surface area (Å²) in [6.45, 7) is 5.20. The van der Waals surface area contributed by atoms with Crippen molar-refractivity contribution in [3.8, 4) is 0 Å². The third kappa shape index (κ3) is 3.33. The van der Waals surface area contributed by atoms with Gasteiger partial charge in [0.2, 0.25) is 5.91 Å². The fraction of sp³-hybridized carbons (Fsp3) is 0.818. The van der Waals surface area contributed by atoms with Crippen LogP contribution in [-0.4, -0.2) is 48.0 Å². The van der Waals surface area contributed by atoms with Gasteiger partial charge in [0.15, 0.2) is 5.84 Å². The number of hydrogen-bond acceptors (Lipinski definition) is 4. The monoisotopic (exact) mass is 242 g/mol. The van der Waals surface area contributed by atoms with E-state index in [4.69, 9.17) is 10.9 Å². The fourth-order valence-corrected chi connectivity index (χ4v) is 1.89. The van der Waals surface area contributed by atoms with Gasteiger partial charge in [0, 0.05) is 12.6 Å². The van der Waals surface area contributed by atoms with Gasteiger partial charge >= 0.3 is 0 Å². The van der Waals surface area contributed by atoms with E-state index in [1.54, 1.807) is 13.8 Å². The summed E-state index contributed by atoms with van der Waals surface area (Å²) in [6, 6.07) is 0.145. The number of amides is 1. The summed E-state index contributed by atoms with van der Waals surface area (Å²) < 4.78 is 0. The minimum absolute atomic E-state index is 0.0702. The maximum atomic E-state index is 12.0. The molecule has 4 N–H and O–H groups in total. The van der Waals surface area contributed by atoms with Crippen LogP contribution in [0.1, 0.15) is 26.7 Å². The predicted molar refractivity (Wildman–Crippen MR) is 65.9 cm³/mol. The highest BCUT2D eigenvalue weighted by atomic mass is 16.4. The molecule has 1 atom stereocenters. The lowest BCUT2D eigenvalue weighted by atomic mass is 9.90. The number of likely N-dealkylation sites (tertiary alicyclic amines) is 1. The van der Waals surface area contributed by atoms with Crippen LogP contribution >= 0.6 is 0 Å². The third-order valence-corrected chi connectivity index (χ3v) is 3.28. The van der Waals surface area contributed by atoms with E-state index >= 15 is 0 Å². The van der Waals surface area contributed by atoms with Crippen molar-refractivity contribution >= 4 is 11.7 Å². The zero-order valence-electron chi connectivity index (χ0n) is 10.7. The summed E-state index contributed by atoms with van der Waals surface area (Å²) in [5.74, 6) is -0.271.